The van der Waals surface area contributed by atoms with Crippen molar-refractivity contribution in [2.75, 3.05) is 17.6 Å². The molecule has 1 fully saturated rings. The fourth-order valence-electron chi connectivity index (χ4n) is 3.65. The highest BCUT2D eigenvalue weighted by atomic mass is 32.2. The molecule has 170 valence electrons. The van der Waals surface area contributed by atoms with Gasteiger partial charge in [-0.2, -0.15) is 13.2 Å². The van der Waals surface area contributed by atoms with Gasteiger partial charge in [-0.15, -0.1) is 0 Å². The molecule has 2 aromatic rings. The van der Waals surface area contributed by atoms with Gasteiger partial charge in [0.05, 0.1) is 28.5 Å². The van der Waals surface area contributed by atoms with Gasteiger partial charge in [-0.05, 0) is 56.7 Å². The van der Waals surface area contributed by atoms with Crippen molar-refractivity contribution in [2.24, 2.45) is 5.92 Å². The van der Waals surface area contributed by atoms with E-state index in [2.05, 4.69) is 15.8 Å². The van der Waals surface area contributed by atoms with Gasteiger partial charge in [0.2, 0.25) is 11.8 Å². The number of benzene rings is 1. The van der Waals surface area contributed by atoms with Crippen LogP contribution in [-0.4, -0.2) is 37.8 Å². The lowest BCUT2D eigenvalue weighted by molar-refractivity contribution is -0.137. The average Bonchev–Trinajstić information content (AvgIpc) is 3.11. The van der Waals surface area contributed by atoms with Crippen molar-refractivity contribution in [3.63, 3.8) is 0 Å². The van der Waals surface area contributed by atoms with Crippen molar-refractivity contribution in [1.82, 2.24) is 10.5 Å². The first-order valence-electron chi connectivity index (χ1n) is 9.89. The third kappa shape index (κ3) is 6.54. The van der Waals surface area contributed by atoms with Crippen molar-refractivity contribution >= 4 is 21.6 Å². The molecule has 0 spiro atoms. The molecule has 0 atom stereocenters. The first kappa shape index (κ1) is 23.3. The minimum Gasteiger partial charge on any atom is -0.338 e. The quantitative estimate of drug-likeness (QED) is 0.657. The number of halogens is 3. The van der Waals surface area contributed by atoms with Crippen LogP contribution in [0.2, 0.25) is 0 Å². The van der Waals surface area contributed by atoms with Crippen molar-refractivity contribution in [3.05, 3.63) is 41.6 Å². The van der Waals surface area contributed by atoms with Crippen LogP contribution in [0.15, 0.2) is 39.8 Å². The molecule has 0 radical (unpaired) electrons. The van der Waals surface area contributed by atoms with Crippen LogP contribution < -0.4 is 10.6 Å². The second-order valence-corrected chi connectivity index (χ2v) is 9.82. The van der Waals surface area contributed by atoms with Crippen LogP contribution in [0.5, 0.6) is 0 Å². The van der Waals surface area contributed by atoms with Crippen molar-refractivity contribution in [1.29, 1.82) is 0 Å². The summed E-state index contributed by atoms with van der Waals surface area (Å²) in [5.41, 5.74) is -0.318. The minimum atomic E-state index is -4.59. The lowest BCUT2D eigenvalue weighted by Crippen LogP contribution is -2.39. The van der Waals surface area contributed by atoms with E-state index < -0.39 is 21.6 Å². The topological polar surface area (TPSA) is 101 Å². The molecular weight excluding hydrogens is 435 g/mol. The predicted molar refractivity (Wildman–Crippen MR) is 107 cm³/mol. The third-order valence-corrected chi connectivity index (χ3v) is 7.15. The Morgan fingerprint density at radius 2 is 1.90 bits per heavy atom. The Bertz CT molecular complexity index is 1010. The molecule has 1 aromatic heterocycles. The Hall–Kier alpha value is -2.40. The van der Waals surface area contributed by atoms with Gasteiger partial charge in [0, 0.05) is 12.1 Å². The van der Waals surface area contributed by atoms with E-state index in [1.54, 1.807) is 13.0 Å². The molecule has 0 aliphatic heterocycles. The van der Waals surface area contributed by atoms with E-state index in [0.717, 1.165) is 12.1 Å². The van der Waals surface area contributed by atoms with Gasteiger partial charge in [-0.25, -0.2) is 8.42 Å². The predicted octanol–water partition coefficient (Wildman–Crippen LogP) is 3.56. The smallest absolute Gasteiger partial charge is 0.338 e. The number of rotatable bonds is 7. The number of carbonyl (C=O) groups excluding carboxylic acids is 1. The summed E-state index contributed by atoms with van der Waals surface area (Å²) in [6, 6.07) is 5.53. The van der Waals surface area contributed by atoms with Gasteiger partial charge < -0.3 is 9.84 Å². The molecule has 1 aliphatic carbocycles. The maximum absolute atomic E-state index is 12.9. The number of carbonyl (C=O) groups is 1. The van der Waals surface area contributed by atoms with E-state index in [9.17, 15) is 26.4 Å². The molecule has 0 unspecified atom stereocenters. The summed E-state index contributed by atoms with van der Waals surface area (Å²) >= 11 is 0. The number of aryl methyl sites for hydroxylation is 1. The molecule has 1 amide bonds. The maximum atomic E-state index is 12.9. The van der Waals surface area contributed by atoms with Crippen LogP contribution in [0.1, 0.15) is 36.9 Å². The van der Waals surface area contributed by atoms with E-state index in [1.807, 2.05) is 0 Å². The Kier molecular flexibility index (Phi) is 7.05. The van der Waals surface area contributed by atoms with Crippen LogP contribution in [0, 0.1) is 12.8 Å². The number of amides is 1. The number of sulfone groups is 1. The lowest BCUT2D eigenvalue weighted by atomic mass is 9.87. The highest BCUT2D eigenvalue weighted by Crippen LogP contribution is 2.32. The zero-order valence-corrected chi connectivity index (χ0v) is 17.7. The maximum Gasteiger partial charge on any atom is 0.416 e. The molecule has 1 heterocycles. The SMILES string of the molecule is Cc1cc(NC(=O)CNC2CCC(CS(=O)(=O)c3cccc(C(F)(F)F)c3)CC2)on1. The van der Waals surface area contributed by atoms with Crippen LogP contribution in [0.3, 0.4) is 0 Å². The summed E-state index contributed by atoms with van der Waals surface area (Å²) in [5, 5.41) is 9.41. The molecule has 31 heavy (non-hydrogen) atoms. The molecule has 0 bridgehead atoms. The van der Waals surface area contributed by atoms with Crippen molar-refractivity contribution in [3.8, 4) is 0 Å². The highest BCUT2D eigenvalue weighted by molar-refractivity contribution is 7.91. The number of hydrogen-bond donors (Lipinski definition) is 2. The number of hydrogen-bond acceptors (Lipinski definition) is 6. The summed E-state index contributed by atoms with van der Waals surface area (Å²) in [7, 11) is -3.82. The number of nitrogens with zero attached hydrogens (tertiary/aromatic N) is 1. The van der Waals surface area contributed by atoms with Crippen molar-refractivity contribution in [2.45, 2.75) is 49.7 Å². The van der Waals surface area contributed by atoms with Gasteiger partial charge in [0.25, 0.3) is 0 Å². The molecule has 11 heteroatoms. The molecule has 2 N–H and O–H groups in total. The van der Waals surface area contributed by atoms with E-state index in [4.69, 9.17) is 4.52 Å². The summed E-state index contributed by atoms with van der Waals surface area (Å²) in [4.78, 5) is 11.6. The minimum absolute atomic E-state index is 0.0646. The Balaban J connectivity index is 1.47. The van der Waals surface area contributed by atoms with E-state index in [-0.39, 0.29) is 40.9 Å². The Morgan fingerprint density at radius 1 is 1.19 bits per heavy atom. The van der Waals surface area contributed by atoms with Gasteiger partial charge in [-0.3, -0.25) is 10.1 Å². The monoisotopic (exact) mass is 459 g/mol. The Labute approximate surface area is 178 Å². The van der Waals surface area contributed by atoms with Gasteiger partial charge in [0.1, 0.15) is 0 Å². The van der Waals surface area contributed by atoms with Crippen LogP contribution in [0.4, 0.5) is 19.1 Å². The summed E-state index contributed by atoms with van der Waals surface area (Å²) in [6.07, 6.45) is -2.01. The summed E-state index contributed by atoms with van der Waals surface area (Å²) in [6.45, 7) is 1.82. The standard InChI is InChI=1S/C20H24F3N3O4S/c1-13-9-19(30-26-13)25-18(27)11-24-16-7-5-14(6-8-16)12-31(28,29)17-4-2-3-15(10-17)20(21,22)23/h2-4,9-10,14,16,24H,5-8,11-12H2,1H3,(H,25,27). The lowest BCUT2D eigenvalue weighted by Gasteiger charge is -2.29. The van der Waals surface area contributed by atoms with E-state index >= 15 is 0 Å². The summed E-state index contributed by atoms with van der Waals surface area (Å²) in [5.74, 6) is -0.325. The number of aromatic nitrogens is 1. The largest absolute Gasteiger partial charge is 0.416 e. The van der Waals surface area contributed by atoms with Gasteiger partial charge in [0.15, 0.2) is 9.84 Å². The molecule has 3 rings (SSSR count). The number of nitrogens with one attached hydrogen (secondary N) is 2. The molecular formula is C20H24F3N3O4S. The molecule has 0 saturated heterocycles. The molecule has 1 aliphatic rings. The second-order valence-electron chi connectivity index (χ2n) is 7.79. The zero-order valence-electron chi connectivity index (χ0n) is 16.9. The Morgan fingerprint density at radius 3 is 2.52 bits per heavy atom. The third-order valence-electron chi connectivity index (χ3n) is 5.26. The second kappa shape index (κ2) is 9.39. The fourth-order valence-corrected chi connectivity index (χ4v) is 5.39. The fraction of sp³-hybridized carbons (Fsp3) is 0.500. The normalized spacial score (nSPS) is 19.9. The number of alkyl halides is 3. The summed E-state index contributed by atoms with van der Waals surface area (Å²) < 4.78 is 68.7. The average molecular weight is 459 g/mol. The van der Waals surface area contributed by atoms with Crippen LogP contribution in [0.25, 0.3) is 0 Å². The van der Waals surface area contributed by atoms with E-state index in [1.165, 1.54) is 6.07 Å². The van der Waals surface area contributed by atoms with Gasteiger partial charge >= 0.3 is 6.18 Å². The first-order valence-corrected chi connectivity index (χ1v) is 11.5. The van der Waals surface area contributed by atoms with Gasteiger partial charge in [-0.1, -0.05) is 11.2 Å². The zero-order chi connectivity index (χ0) is 22.6. The van der Waals surface area contributed by atoms with Crippen LogP contribution in [-0.2, 0) is 20.8 Å². The molecule has 7 nitrogen and oxygen atoms in total. The van der Waals surface area contributed by atoms with Crippen molar-refractivity contribution < 1.29 is 30.9 Å². The molecule has 1 aromatic carbocycles. The van der Waals surface area contributed by atoms with E-state index in [0.29, 0.717) is 37.4 Å². The highest BCUT2D eigenvalue weighted by Gasteiger charge is 2.32. The van der Waals surface area contributed by atoms with Crippen LogP contribution >= 0.6 is 0 Å². The first-order chi connectivity index (χ1) is 14.5. The molecule has 1 saturated carbocycles. The number of anilines is 1.